The summed E-state index contributed by atoms with van der Waals surface area (Å²) in [5.74, 6) is -1.25. The first-order chi connectivity index (χ1) is 9.18. The van der Waals surface area contributed by atoms with Crippen molar-refractivity contribution in [1.29, 1.82) is 0 Å². The SMILES string of the molecule is CCNS(=O)(=O)CCNC(=O)N[C@H](CC(C)C)C(=O)O. The lowest BCUT2D eigenvalue weighted by molar-refractivity contribution is -0.139. The fraction of sp³-hybridized carbons (Fsp3) is 0.818. The van der Waals surface area contributed by atoms with E-state index in [0.29, 0.717) is 6.42 Å². The molecular formula is C11H23N3O5S. The summed E-state index contributed by atoms with van der Waals surface area (Å²) in [5.41, 5.74) is 0. The molecule has 0 aliphatic carbocycles. The van der Waals surface area contributed by atoms with Crippen LogP contribution < -0.4 is 15.4 Å². The second kappa shape index (κ2) is 8.75. The lowest BCUT2D eigenvalue weighted by Gasteiger charge is -2.16. The number of sulfonamides is 1. The molecule has 118 valence electrons. The number of carboxylic acids is 1. The molecule has 0 heterocycles. The van der Waals surface area contributed by atoms with E-state index >= 15 is 0 Å². The second-order valence-corrected chi connectivity index (χ2v) is 6.66. The first-order valence-corrected chi connectivity index (χ1v) is 8.07. The predicted molar refractivity (Wildman–Crippen MR) is 74.9 cm³/mol. The minimum atomic E-state index is -3.40. The molecule has 2 amide bonds. The van der Waals surface area contributed by atoms with Crippen LogP contribution in [0.4, 0.5) is 4.79 Å². The van der Waals surface area contributed by atoms with Crippen molar-refractivity contribution in [3.63, 3.8) is 0 Å². The van der Waals surface area contributed by atoms with Crippen LogP contribution in [0.3, 0.4) is 0 Å². The van der Waals surface area contributed by atoms with Gasteiger partial charge in [0.2, 0.25) is 10.0 Å². The third-order valence-electron chi connectivity index (χ3n) is 2.33. The number of urea groups is 1. The molecule has 0 bridgehead atoms. The van der Waals surface area contributed by atoms with Gasteiger partial charge in [0.05, 0.1) is 5.75 Å². The highest BCUT2D eigenvalue weighted by molar-refractivity contribution is 7.89. The minimum absolute atomic E-state index is 0.0881. The molecule has 0 aliphatic rings. The summed E-state index contributed by atoms with van der Waals surface area (Å²) >= 11 is 0. The number of amides is 2. The highest BCUT2D eigenvalue weighted by Crippen LogP contribution is 2.04. The Morgan fingerprint density at radius 3 is 2.30 bits per heavy atom. The van der Waals surface area contributed by atoms with E-state index < -0.39 is 28.1 Å². The van der Waals surface area contributed by atoms with Gasteiger partial charge < -0.3 is 15.7 Å². The highest BCUT2D eigenvalue weighted by Gasteiger charge is 2.21. The second-order valence-electron chi connectivity index (χ2n) is 4.74. The van der Waals surface area contributed by atoms with E-state index in [2.05, 4.69) is 15.4 Å². The topological polar surface area (TPSA) is 125 Å². The third kappa shape index (κ3) is 8.70. The summed E-state index contributed by atoms with van der Waals surface area (Å²) in [4.78, 5) is 22.4. The van der Waals surface area contributed by atoms with E-state index in [1.807, 2.05) is 13.8 Å². The first kappa shape index (κ1) is 18.7. The normalized spacial score (nSPS) is 13.0. The molecule has 0 rings (SSSR count). The van der Waals surface area contributed by atoms with E-state index in [1.54, 1.807) is 6.92 Å². The number of hydrogen-bond donors (Lipinski definition) is 4. The summed E-state index contributed by atoms with van der Waals surface area (Å²) in [6.45, 7) is 5.54. The average Bonchev–Trinajstić information content (AvgIpc) is 2.26. The summed E-state index contributed by atoms with van der Waals surface area (Å²) in [6.07, 6.45) is 0.304. The Bertz CT molecular complexity index is 422. The van der Waals surface area contributed by atoms with Gasteiger partial charge >= 0.3 is 12.0 Å². The summed E-state index contributed by atoms with van der Waals surface area (Å²) in [5, 5.41) is 13.6. The van der Waals surface area contributed by atoms with Crippen molar-refractivity contribution in [2.24, 2.45) is 5.92 Å². The standard InChI is InChI=1S/C11H23N3O5S/c1-4-13-20(18,19)6-5-12-11(17)14-9(10(15)16)7-8(2)3/h8-9,13H,4-7H2,1-3H3,(H,15,16)(H2,12,14,17)/t9-/m1/s1. The molecule has 0 aromatic heterocycles. The summed E-state index contributed by atoms with van der Waals surface area (Å²) < 4.78 is 24.9. The molecule has 0 saturated carbocycles. The monoisotopic (exact) mass is 309 g/mol. The molecule has 0 aromatic rings. The van der Waals surface area contributed by atoms with Gasteiger partial charge in [0.15, 0.2) is 0 Å². The van der Waals surface area contributed by atoms with E-state index in [-0.39, 0.29) is 24.8 Å². The van der Waals surface area contributed by atoms with Gasteiger partial charge in [0.25, 0.3) is 0 Å². The van der Waals surface area contributed by atoms with Crippen molar-refractivity contribution in [3.8, 4) is 0 Å². The van der Waals surface area contributed by atoms with Crippen LogP contribution in [0.25, 0.3) is 0 Å². The van der Waals surface area contributed by atoms with Crippen LogP contribution in [-0.4, -0.2) is 50.4 Å². The van der Waals surface area contributed by atoms with Crippen molar-refractivity contribution in [3.05, 3.63) is 0 Å². The van der Waals surface area contributed by atoms with Crippen LogP contribution in [0, 0.1) is 5.92 Å². The Labute approximate surface area is 119 Å². The smallest absolute Gasteiger partial charge is 0.326 e. The minimum Gasteiger partial charge on any atom is -0.480 e. The largest absolute Gasteiger partial charge is 0.480 e. The molecule has 9 heteroatoms. The maximum absolute atomic E-state index is 11.5. The molecule has 0 unspecified atom stereocenters. The van der Waals surface area contributed by atoms with Gasteiger partial charge in [-0.1, -0.05) is 20.8 Å². The van der Waals surface area contributed by atoms with Gasteiger partial charge in [-0.05, 0) is 12.3 Å². The third-order valence-corrected chi connectivity index (χ3v) is 3.80. The molecule has 0 fully saturated rings. The lowest BCUT2D eigenvalue weighted by Crippen LogP contribution is -2.47. The van der Waals surface area contributed by atoms with Gasteiger partial charge in [0.1, 0.15) is 6.04 Å². The maximum atomic E-state index is 11.5. The fourth-order valence-electron chi connectivity index (χ4n) is 1.49. The zero-order chi connectivity index (χ0) is 15.8. The van der Waals surface area contributed by atoms with Gasteiger partial charge in [0, 0.05) is 13.1 Å². The van der Waals surface area contributed by atoms with E-state index in [9.17, 15) is 18.0 Å². The highest BCUT2D eigenvalue weighted by atomic mass is 32.2. The average molecular weight is 309 g/mol. The Kier molecular flexibility index (Phi) is 8.16. The molecule has 0 aliphatic heterocycles. The Morgan fingerprint density at radius 1 is 1.25 bits per heavy atom. The van der Waals surface area contributed by atoms with Crippen LogP contribution in [0.5, 0.6) is 0 Å². The number of carboxylic acid groups (broad SMARTS) is 1. The first-order valence-electron chi connectivity index (χ1n) is 6.42. The molecule has 0 spiro atoms. The molecular weight excluding hydrogens is 286 g/mol. The van der Waals surface area contributed by atoms with Crippen LogP contribution in [-0.2, 0) is 14.8 Å². The molecule has 4 N–H and O–H groups in total. The Hall–Kier alpha value is -1.35. The zero-order valence-electron chi connectivity index (χ0n) is 12.0. The van der Waals surface area contributed by atoms with Crippen molar-refractivity contribution in [1.82, 2.24) is 15.4 Å². The predicted octanol–water partition coefficient (Wildman–Crippen LogP) is -0.276. The number of hydrogen-bond acceptors (Lipinski definition) is 4. The molecule has 8 nitrogen and oxygen atoms in total. The molecule has 0 radical (unpaired) electrons. The number of rotatable bonds is 9. The molecule has 20 heavy (non-hydrogen) atoms. The van der Waals surface area contributed by atoms with Gasteiger partial charge in [-0.25, -0.2) is 22.7 Å². The number of carbonyl (C=O) groups excluding carboxylic acids is 1. The van der Waals surface area contributed by atoms with Crippen LogP contribution in [0.2, 0.25) is 0 Å². The summed E-state index contributed by atoms with van der Waals surface area (Å²) in [6, 6.07) is -1.68. The Morgan fingerprint density at radius 2 is 1.85 bits per heavy atom. The molecule has 0 saturated heterocycles. The Balaban J connectivity index is 4.18. The van der Waals surface area contributed by atoms with Crippen LogP contribution in [0.15, 0.2) is 0 Å². The molecule has 1 atom stereocenters. The fourth-order valence-corrected chi connectivity index (χ4v) is 2.45. The van der Waals surface area contributed by atoms with Crippen molar-refractivity contribution in [2.45, 2.75) is 33.2 Å². The van der Waals surface area contributed by atoms with E-state index in [0.717, 1.165) is 0 Å². The van der Waals surface area contributed by atoms with E-state index in [1.165, 1.54) is 0 Å². The van der Waals surface area contributed by atoms with E-state index in [4.69, 9.17) is 5.11 Å². The lowest BCUT2D eigenvalue weighted by atomic mass is 10.0. The molecule has 0 aromatic carbocycles. The van der Waals surface area contributed by atoms with Crippen molar-refractivity contribution >= 4 is 22.0 Å². The van der Waals surface area contributed by atoms with Crippen molar-refractivity contribution in [2.75, 3.05) is 18.8 Å². The number of nitrogens with one attached hydrogen (secondary N) is 3. The number of aliphatic carboxylic acids is 1. The van der Waals surface area contributed by atoms with Crippen LogP contribution in [0.1, 0.15) is 27.2 Å². The number of carbonyl (C=O) groups is 2. The summed E-state index contributed by atoms with van der Waals surface area (Å²) in [7, 11) is -3.40. The van der Waals surface area contributed by atoms with Gasteiger partial charge in [-0.2, -0.15) is 0 Å². The van der Waals surface area contributed by atoms with Gasteiger partial charge in [-0.15, -0.1) is 0 Å². The quantitative estimate of drug-likeness (QED) is 0.466. The van der Waals surface area contributed by atoms with Crippen molar-refractivity contribution < 1.29 is 23.1 Å². The van der Waals surface area contributed by atoms with Crippen LogP contribution >= 0.6 is 0 Å². The maximum Gasteiger partial charge on any atom is 0.326 e. The zero-order valence-corrected chi connectivity index (χ0v) is 12.8. The van der Waals surface area contributed by atoms with Gasteiger partial charge in [-0.3, -0.25) is 0 Å².